The number of carbonyl (C=O) groups is 1. The molecule has 0 aliphatic rings. The summed E-state index contributed by atoms with van der Waals surface area (Å²) in [6.07, 6.45) is -3.82. The Bertz CT molecular complexity index is 399. The number of carboxylic acids is 1. The van der Waals surface area contributed by atoms with Gasteiger partial charge in [-0.25, -0.2) is 8.78 Å². The number of hydrogen-bond donors (Lipinski definition) is 2. The van der Waals surface area contributed by atoms with E-state index in [1.807, 2.05) is 0 Å². The highest BCUT2D eigenvalue weighted by molar-refractivity contribution is 5.74. The molecule has 5 heteroatoms. The van der Waals surface area contributed by atoms with Crippen LogP contribution in [-0.2, 0) is 4.79 Å². The molecule has 1 aromatic rings. The maximum Gasteiger partial charge on any atom is 0.312 e. The number of halogens is 2. The van der Waals surface area contributed by atoms with Crippen LogP contribution >= 0.6 is 0 Å². The predicted octanol–water partition coefficient (Wildman–Crippen LogP) is 2.77. The van der Waals surface area contributed by atoms with E-state index in [1.165, 1.54) is 38.1 Å². The number of hydrogen-bond acceptors (Lipinski definition) is 2. The van der Waals surface area contributed by atoms with Crippen LogP contribution in [0.2, 0.25) is 0 Å². The molecule has 3 nitrogen and oxygen atoms in total. The molecule has 1 aromatic carbocycles. The predicted molar refractivity (Wildman–Crippen MR) is 57.8 cm³/mol. The minimum atomic E-state index is -2.58. The van der Waals surface area contributed by atoms with Gasteiger partial charge in [0.1, 0.15) is 0 Å². The van der Waals surface area contributed by atoms with Crippen molar-refractivity contribution < 1.29 is 23.8 Å². The largest absolute Gasteiger partial charge is 0.481 e. The van der Waals surface area contributed by atoms with Gasteiger partial charge in [-0.2, -0.15) is 0 Å². The van der Waals surface area contributed by atoms with E-state index in [1.54, 1.807) is 0 Å². The van der Waals surface area contributed by atoms with Gasteiger partial charge in [0.25, 0.3) is 6.43 Å². The smallest absolute Gasteiger partial charge is 0.312 e. The van der Waals surface area contributed by atoms with Gasteiger partial charge in [-0.1, -0.05) is 24.3 Å². The Hall–Kier alpha value is -1.49. The lowest BCUT2D eigenvalue weighted by Gasteiger charge is -2.26. The fourth-order valence-corrected chi connectivity index (χ4v) is 1.36. The molecule has 0 saturated carbocycles. The van der Waals surface area contributed by atoms with Crippen molar-refractivity contribution in [3.63, 3.8) is 0 Å². The third-order valence-electron chi connectivity index (χ3n) is 2.74. The second-order valence-electron chi connectivity index (χ2n) is 4.40. The van der Waals surface area contributed by atoms with E-state index in [-0.39, 0.29) is 5.56 Å². The zero-order valence-electron chi connectivity index (χ0n) is 9.52. The SMILES string of the molecule is CC(C)(C(=O)O)C(O)c1ccc(C(F)F)cc1. The lowest BCUT2D eigenvalue weighted by Crippen LogP contribution is -2.31. The van der Waals surface area contributed by atoms with E-state index >= 15 is 0 Å². The molecule has 17 heavy (non-hydrogen) atoms. The summed E-state index contributed by atoms with van der Waals surface area (Å²) in [5.74, 6) is -1.15. The normalized spacial score (nSPS) is 13.8. The Morgan fingerprint density at radius 3 is 1.94 bits per heavy atom. The summed E-state index contributed by atoms with van der Waals surface area (Å²) < 4.78 is 24.6. The zero-order valence-corrected chi connectivity index (χ0v) is 9.52. The van der Waals surface area contributed by atoms with Crippen molar-refractivity contribution in [1.29, 1.82) is 0 Å². The van der Waals surface area contributed by atoms with Crippen molar-refractivity contribution in [2.75, 3.05) is 0 Å². The molecule has 0 spiro atoms. The number of aliphatic hydroxyl groups is 1. The molecule has 0 aliphatic heterocycles. The van der Waals surface area contributed by atoms with Crippen LogP contribution in [-0.4, -0.2) is 16.2 Å². The lowest BCUT2D eigenvalue weighted by atomic mass is 9.82. The summed E-state index contributed by atoms with van der Waals surface area (Å²) in [7, 11) is 0. The quantitative estimate of drug-likeness (QED) is 0.856. The average Bonchev–Trinajstić information content (AvgIpc) is 2.27. The average molecular weight is 244 g/mol. The first kappa shape index (κ1) is 13.6. The van der Waals surface area contributed by atoms with E-state index in [0.29, 0.717) is 5.56 Å². The van der Waals surface area contributed by atoms with E-state index < -0.39 is 23.9 Å². The van der Waals surface area contributed by atoms with Crippen LogP contribution < -0.4 is 0 Å². The van der Waals surface area contributed by atoms with Gasteiger partial charge in [0.15, 0.2) is 0 Å². The fourth-order valence-electron chi connectivity index (χ4n) is 1.36. The molecule has 94 valence electrons. The van der Waals surface area contributed by atoms with E-state index in [0.717, 1.165) is 0 Å². The lowest BCUT2D eigenvalue weighted by molar-refractivity contribution is -0.153. The van der Waals surface area contributed by atoms with Gasteiger partial charge >= 0.3 is 5.97 Å². The Balaban J connectivity index is 2.98. The van der Waals surface area contributed by atoms with Gasteiger partial charge in [-0.3, -0.25) is 4.79 Å². The molecule has 0 amide bonds. The van der Waals surface area contributed by atoms with Gasteiger partial charge < -0.3 is 10.2 Å². The summed E-state index contributed by atoms with van der Waals surface area (Å²) in [4.78, 5) is 10.9. The van der Waals surface area contributed by atoms with Crippen molar-refractivity contribution in [2.45, 2.75) is 26.4 Å². The zero-order chi connectivity index (χ0) is 13.2. The molecular weight excluding hydrogens is 230 g/mol. The molecule has 1 rings (SSSR count). The maximum absolute atomic E-state index is 12.3. The second-order valence-corrected chi connectivity index (χ2v) is 4.40. The summed E-state index contributed by atoms with van der Waals surface area (Å²) >= 11 is 0. The molecule has 2 N–H and O–H groups in total. The molecule has 1 atom stereocenters. The topological polar surface area (TPSA) is 57.5 Å². The number of alkyl halides is 2. The Morgan fingerprint density at radius 1 is 1.18 bits per heavy atom. The molecule has 0 radical (unpaired) electrons. The number of aliphatic hydroxyl groups excluding tert-OH is 1. The van der Waals surface area contributed by atoms with Crippen LogP contribution in [0.25, 0.3) is 0 Å². The second kappa shape index (κ2) is 4.79. The summed E-state index contributed by atoms with van der Waals surface area (Å²) in [6.45, 7) is 2.75. The molecule has 0 heterocycles. The first-order chi connectivity index (χ1) is 7.76. The highest BCUT2D eigenvalue weighted by atomic mass is 19.3. The molecular formula is C12H14F2O3. The van der Waals surface area contributed by atoms with Gasteiger partial charge in [0.2, 0.25) is 0 Å². The number of carboxylic acid groups (broad SMARTS) is 1. The van der Waals surface area contributed by atoms with Crippen LogP contribution in [0.15, 0.2) is 24.3 Å². The van der Waals surface area contributed by atoms with Crippen LogP contribution in [0.3, 0.4) is 0 Å². The van der Waals surface area contributed by atoms with Crippen LogP contribution in [0.1, 0.15) is 37.5 Å². The van der Waals surface area contributed by atoms with Crippen molar-refractivity contribution >= 4 is 5.97 Å². The monoisotopic (exact) mass is 244 g/mol. The minimum Gasteiger partial charge on any atom is -0.481 e. The van der Waals surface area contributed by atoms with Gasteiger partial charge in [-0.05, 0) is 19.4 Å². The van der Waals surface area contributed by atoms with Crippen molar-refractivity contribution in [3.05, 3.63) is 35.4 Å². The number of aliphatic carboxylic acids is 1. The maximum atomic E-state index is 12.3. The molecule has 0 aromatic heterocycles. The number of rotatable bonds is 4. The highest BCUT2D eigenvalue weighted by Crippen LogP contribution is 2.34. The third-order valence-corrected chi connectivity index (χ3v) is 2.74. The molecule has 0 aliphatic carbocycles. The standard InChI is InChI=1S/C12H14F2O3/c1-12(2,11(16)17)9(15)7-3-5-8(6-4-7)10(13)14/h3-6,9-10,15H,1-2H3,(H,16,17). The first-order valence-electron chi connectivity index (χ1n) is 5.06. The molecule has 0 fully saturated rings. The highest BCUT2D eigenvalue weighted by Gasteiger charge is 2.36. The van der Waals surface area contributed by atoms with Crippen molar-refractivity contribution in [3.8, 4) is 0 Å². The Morgan fingerprint density at radius 2 is 1.59 bits per heavy atom. The van der Waals surface area contributed by atoms with E-state index in [2.05, 4.69) is 0 Å². The van der Waals surface area contributed by atoms with Gasteiger partial charge in [0, 0.05) is 5.56 Å². The number of benzene rings is 1. The van der Waals surface area contributed by atoms with E-state index in [9.17, 15) is 18.7 Å². The summed E-state index contributed by atoms with van der Waals surface area (Å²) in [5.41, 5.74) is -1.22. The van der Waals surface area contributed by atoms with Gasteiger partial charge in [-0.15, -0.1) is 0 Å². The fraction of sp³-hybridized carbons (Fsp3) is 0.417. The van der Waals surface area contributed by atoms with Crippen molar-refractivity contribution in [2.24, 2.45) is 5.41 Å². The molecule has 0 saturated heterocycles. The Labute approximate surface area is 97.7 Å². The molecule has 1 unspecified atom stereocenters. The van der Waals surface area contributed by atoms with Gasteiger partial charge in [0.05, 0.1) is 11.5 Å². The first-order valence-corrected chi connectivity index (χ1v) is 5.06. The Kier molecular flexibility index (Phi) is 3.83. The van der Waals surface area contributed by atoms with E-state index in [4.69, 9.17) is 5.11 Å². The van der Waals surface area contributed by atoms with Crippen LogP contribution in [0, 0.1) is 5.41 Å². The van der Waals surface area contributed by atoms with Crippen LogP contribution in [0.4, 0.5) is 8.78 Å². The van der Waals surface area contributed by atoms with Crippen LogP contribution in [0.5, 0.6) is 0 Å². The molecule has 0 bridgehead atoms. The third kappa shape index (κ3) is 2.79. The summed E-state index contributed by atoms with van der Waals surface area (Å²) in [5, 5.41) is 18.8. The summed E-state index contributed by atoms with van der Waals surface area (Å²) in [6, 6.07) is 5.00. The van der Waals surface area contributed by atoms with Crippen molar-refractivity contribution in [1.82, 2.24) is 0 Å². The minimum absolute atomic E-state index is 0.158.